The zero-order valence-electron chi connectivity index (χ0n) is 21.3. The molecular weight excluding hydrogens is 470 g/mol. The highest BCUT2D eigenvalue weighted by Crippen LogP contribution is 2.40. The van der Waals surface area contributed by atoms with Gasteiger partial charge in [0.25, 0.3) is 0 Å². The van der Waals surface area contributed by atoms with Crippen molar-refractivity contribution in [1.82, 2.24) is 10.3 Å². The SMILES string of the molecule is C=C(C)C[C@@](C)(COc1ccc2c(c1)OCc1cnc(NC(C)=O)cc1-2)NC(=O)OCc1ccccc1. The number of benzene rings is 2. The predicted molar refractivity (Wildman–Crippen MR) is 141 cm³/mol. The average molecular weight is 502 g/mol. The van der Waals surface area contributed by atoms with Gasteiger partial charge in [-0.05, 0) is 49.6 Å². The Morgan fingerprint density at radius 3 is 2.62 bits per heavy atom. The van der Waals surface area contributed by atoms with Crippen LogP contribution in [0.3, 0.4) is 0 Å². The van der Waals surface area contributed by atoms with Crippen molar-refractivity contribution in [3.05, 3.63) is 84.1 Å². The molecule has 4 rings (SSSR count). The zero-order valence-corrected chi connectivity index (χ0v) is 21.3. The van der Waals surface area contributed by atoms with Gasteiger partial charge in [0.05, 0.1) is 5.54 Å². The fraction of sp³-hybridized carbons (Fsp3) is 0.276. The monoisotopic (exact) mass is 501 g/mol. The average Bonchev–Trinajstić information content (AvgIpc) is 2.86. The number of hydrogen-bond acceptors (Lipinski definition) is 6. The highest BCUT2D eigenvalue weighted by molar-refractivity contribution is 5.89. The fourth-order valence-corrected chi connectivity index (χ4v) is 4.23. The number of carbonyl (C=O) groups excluding carboxylic acids is 2. The van der Waals surface area contributed by atoms with Gasteiger partial charge in [-0.3, -0.25) is 4.79 Å². The van der Waals surface area contributed by atoms with E-state index in [1.807, 2.05) is 68.4 Å². The highest BCUT2D eigenvalue weighted by Gasteiger charge is 2.29. The lowest BCUT2D eigenvalue weighted by Crippen LogP contribution is -2.50. The minimum absolute atomic E-state index is 0.180. The Bertz CT molecular complexity index is 1310. The molecule has 8 heteroatoms. The predicted octanol–water partition coefficient (Wildman–Crippen LogP) is 5.63. The van der Waals surface area contributed by atoms with Crippen LogP contribution in [0.1, 0.15) is 38.3 Å². The second-order valence-corrected chi connectivity index (χ2v) is 9.52. The molecule has 0 fully saturated rings. The Morgan fingerprint density at radius 1 is 1.11 bits per heavy atom. The van der Waals surface area contributed by atoms with E-state index in [1.165, 1.54) is 6.92 Å². The zero-order chi connectivity index (χ0) is 26.4. The lowest BCUT2D eigenvalue weighted by molar-refractivity contribution is -0.114. The molecule has 1 aromatic heterocycles. The van der Waals surface area contributed by atoms with Crippen molar-refractivity contribution >= 4 is 17.8 Å². The summed E-state index contributed by atoms with van der Waals surface area (Å²) in [6, 6.07) is 16.9. The lowest BCUT2D eigenvalue weighted by atomic mass is 9.95. The van der Waals surface area contributed by atoms with Crippen molar-refractivity contribution < 1.29 is 23.8 Å². The number of hydrogen-bond donors (Lipinski definition) is 2. The normalized spacial score (nSPS) is 13.2. The van der Waals surface area contributed by atoms with Gasteiger partial charge in [-0.15, -0.1) is 6.58 Å². The Morgan fingerprint density at radius 2 is 1.89 bits per heavy atom. The summed E-state index contributed by atoms with van der Waals surface area (Å²) < 4.78 is 17.5. The molecule has 1 atom stereocenters. The Hall–Kier alpha value is -4.33. The molecule has 2 amide bonds. The van der Waals surface area contributed by atoms with Crippen LogP contribution in [0.25, 0.3) is 11.1 Å². The molecule has 0 spiro atoms. The van der Waals surface area contributed by atoms with E-state index < -0.39 is 11.6 Å². The van der Waals surface area contributed by atoms with Gasteiger partial charge >= 0.3 is 6.09 Å². The molecule has 0 radical (unpaired) electrons. The molecule has 0 saturated heterocycles. The maximum Gasteiger partial charge on any atom is 0.408 e. The molecule has 1 aliphatic rings. The van der Waals surface area contributed by atoms with Gasteiger partial charge in [-0.2, -0.15) is 0 Å². The van der Waals surface area contributed by atoms with Gasteiger partial charge in [0, 0.05) is 30.3 Å². The minimum Gasteiger partial charge on any atom is -0.491 e. The summed E-state index contributed by atoms with van der Waals surface area (Å²) in [5, 5.41) is 5.66. The third-order valence-corrected chi connectivity index (χ3v) is 5.78. The standard InChI is InChI=1S/C29H31N3O5/c1-19(2)14-29(4,32-28(34)36-16-21-8-6-5-7-9-21)18-37-23-10-11-24-25-13-27(31-20(3)33)30-15-22(25)17-35-26(24)12-23/h5-13,15H,1,14,16-18H2,2-4H3,(H,32,34)(H,30,31,33)/t29-/m0/s1. The van der Waals surface area contributed by atoms with Crippen molar-refractivity contribution in [2.45, 2.75) is 45.9 Å². The van der Waals surface area contributed by atoms with Crippen molar-refractivity contribution in [3.8, 4) is 22.6 Å². The molecule has 8 nitrogen and oxygen atoms in total. The second-order valence-electron chi connectivity index (χ2n) is 9.52. The largest absolute Gasteiger partial charge is 0.491 e. The Labute approximate surface area is 216 Å². The summed E-state index contributed by atoms with van der Waals surface area (Å²) in [6.07, 6.45) is 1.70. The van der Waals surface area contributed by atoms with E-state index in [-0.39, 0.29) is 19.1 Å². The molecule has 2 N–H and O–H groups in total. The van der Waals surface area contributed by atoms with Crippen LogP contribution in [-0.2, 0) is 22.7 Å². The van der Waals surface area contributed by atoms with Crippen LogP contribution in [0.2, 0.25) is 0 Å². The first kappa shape index (κ1) is 25.8. The van der Waals surface area contributed by atoms with Crippen molar-refractivity contribution in [3.63, 3.8) is 0 Å². The van der Waals surface area contributed by atoms with Gasteiger partial charge in [0.1, 0.15) is 37.1 Å². The van der Waals surface area contributed by atoms with E-state index in [4.69, 9.17) is 14.2 Å². The fourth-order valence-electron chi connectivity index (χ4n) is 4.23. The summed E-state index contributed by atoms with van der Waals surface area (Å²) in [5.41, 5.74) is 3.84. The number of aromatic nitrogens is 1. The third kappa shape index (κ3) is 6.88. The first-order valence-electron chi connectivity index (χ1n) is 12.0. The smallest absolute Gasteiger partial charge is 0.408 e. The highest BCUT2D eigenvalue weighted by atomic mass is 16.5. The Kier molecular flexibility index (Phi) is 7.77. The van der Waals surface area contributed by atoms with Crippen LogP contribution in [-0.4, -0.2) is 29.1 Å². The van der Waals surface area contributed by atoms with Crippen LogP contribution in [0.5, 0.6) is 11.5 Å². The molecule has 3 aromatic rings. The molecule has 2 heterocycles. The van der Waals surface area contributed by atoms with Gasteiger partial charge in [0.2, 0.25) is 5.91 Å². The summed E-state index contributed by atoms with van der Waals surface area (Å²) >= 11 is 0. The van der Waals surface area contributed by atoms with E-state index in [9.17, 15) is 9.59 Å². The number of fused-ring (bicyclic) bond motifs is 3. The molecule has 0 unspecified atom stereocenters. The number of amides is 2. The van der Waals surface area contributed by atoms with Gasteiger partial charge in [-0.25, -0.2) is 9.78 Å². The summed E-state index contributed by atoms with van der Waals surface area (Å²) in [5.74, 6) is 1.58. The van der Waals surface area contributed by atoms with Crippen LogP contribution >= 0.6 is 0 Å². The van der Waals surface area contributed by atoms with Gasteiger partial charge in [0.15, 0.2) is 0 Å². The number of alkyl carbamates (subject to hydrolysis) is 1. The van der Waals surface area contributed by atoms with Crippen LogP contribution < -0.4 is 20.1 Å². The molecule has 0 bridgehead atoms. The van der Waals surface area contributed by atoms with Gasteiger partial charge in [-0.1, -0.05) is 35.9 Å². The lowest BCUT2D eigenvalue weighted by Gasteiger charge is -2.31. The number of pyridine rings is 1. The third-order valence-electron chi connectivity index (χ3n) is 5.78. The first-order valence-corrected chi connectivity index (χ1v) is 12.0. The molecule has 2 aromatic carbocycles. The topological polar surface area (TPSA) is 98.8 Å². The van der Waals surface area contributed by atoms with E-state index >= 15 is 0 Å². The molecular formula is C29H31N3O5. The van der Waals surface area contributed by atoms with Crippen molar-refractivity contribution in [2.75, 3.05) is 11.9 Å². The van der Waals surface area contributed by atoms with E-state index in [0.29, 0.717) is 30.3 Å². The summed E-state index contributed by atoms with van der Waals surface area (Å²) in [4.78, 5) is 28.3. The van der Waals surface area contributed by atoms with E-state index in [1.54, 1.807) is 6.20 Å². The van der Waals surface area contributed by atoms with Crippen molar-refractivity contribution in [2.24, 2.45) is 0 Å². The number of anilines is 1. The first-order chi connectivity index (χ1) is 17.7. The quantitative estimate of drug-likeness (QED) is 0.369. The van der Waals surface area contributed by atoms with Crippen molar-refractivity contribution in [1.29, 1.82) is 0 Å². The number of nitrogens with one attached hydrogen (secondary N) is 2. The number of carbonyl (C=O) groups is 2. The van der Waals surface area contributed by atoms with Crippen LogP contribution in [0, 0.1) is 0 Å². The maximum atomic E-state index is 12.6. The molecule has 37 heavy (non-hydrogen) atoms. The number of nitrogens with zero attached hydrogens (tertiary/aromatic N) is 1. The van der Waals surface area contributed by atoms with E-state index in [0.717, 1.165) is 27.8 Å². The van der Waals surface area contributed by atoms with Crippen LogP contribution in [0.4, 0.5) is 10.6 Å². The van der Waals surface area contributed by atoms with Crippen LogP contribution in [0.15, 0.2) is 72.9 Å². The Balaban J connectivity index is 1.44. The molecule has 192 valence electrons. The molecule has 0 saturated carbocycles. The number of rotatable bonds is 9. The summed E-state index contributed by atoms with van der Waals surface area (Å²) in [7, 11) is 0. The van der Waals surface area contributed by atoms with E-state index in [2.05, 4.69) is 22.2 Å². The summed E-state index contributed by atoms with van der Waals surface area (Å²) in [6.45, 7) is 9.99. The molecule has 0 aliphatic carbocycles. The molecule has 1 aliphatic heterocycles. The second kappa shape index (κ2) is 11.2. The van der Waals surface area contributed by atoms with Gasteiger partial charge < -0.3 is 24.8 Å². The number of ether oxygens (including phenoxy) is 3. The minimum atomic E-state index is -0.734. The maximum absolute atomic E-state index is 12.6.